The van der Waals surface area contributed by atoms with Crippen molar-refractivity contribution in [2.45, 2.75) is 25.2 Å². The molecule has 0 saturated carbocycles. The van der Waals surface area contributed by atoms with E-state index in [0.29, 0.717) is 0 Å². The molecule has 0 aliphatic heterocycles. The maximum absolute atomic E-state index is 2.48. The number of hydrogen-bond acceptors (Lipinski definition) is 0. The maximum Gasteiger partial charge on any atom is 0.116 e. The molecule has 0 fully saturated rings. The van der Waals surface area contributed by atoms with Gasteiger partial charge in [0.2, 0.25) is 0 Å². The highest BCUT2D eigenvalue weighted by atomic mass is 31.2. The van der Waals surface area contributed by atoms with Gasteiger partial charge in [0, 0.05) is 11.1 Å². The molecular formula is C64H52P2+2. The largest absolute Gasteiger partial charge is 0.116 e. The summed E-state index contributed by atoms with van der Waals surface area (Å²) in [6, 6.07) is 101. The topological polar surface area (TPSA) is 0 Å². The Morgan fingerprint density at radius 1 is 0.242 bits per heavy atom. The predicted molar refractivity (Wildman–Crippen MR) is 288 cm³/mol. The van der Waals surface area contributed by atoms with Gasteiger partial charge in [0.15, 0.2) is 0 Å². The Kier molecular flexibility index (Phi) is 11.7. The number of benzene rings is 10. The van der Waals surface area contributed by atoms with Crippen molar-refractivity contribution in [3.8, 4) is 33.4 Å². The molecule has 0 N–H and O–H groups in total. The minimum absolute atomic E-state index is 0.878. The molecule has 0 aromatic heterocycles. The predicted octanol–water partition coefficient (Wildman–Crippen LogP) is 13.8. The highest BCUT2D eigenvalue weighted by Crippen LogP contribution is 2.63. The van der Waals surface area contributed by atoms with Crippen LogP contribution >= 0.6 is 14.5 Å². The molecule has 66 heavy (non-hydrogen) atoms. The van der Waals surface area contributed by atoms with Gasteiger partial charge in [0.25, 0.3) is 0 Å². The van der Waals surface area contributed by atoms with Crippen LogP contribution in [0.5, 0.6) is 0 Å². The van der Waals surface area contributed by atoms with E-state index in [9.17, 15) is 0 Å². The molecule has 2 heteroatoms. The minimum atomic E-state index is -2.34. The molecule has 1 aliphatic rings. The third kappa shape index (κ3) is 7.56. The molecule has 0 saturated heterocycles. The second kappa shape index (κ2) is 18.5. The van der Waals surface area contributed by atoms with Gasteiger partial charge in [0.05, 0.1) is 12.3 Å². The van der Waals surface area contributed by atoms with Crippen molar-refractivity contribution in [3.05, 3.63) is 289 Å². The fourth-order valence-corrected chi connectivity index (χ4v) is 19.4. The summed E-state index contributed by atoms with van der Waals surface area (Å²) in [7, 11) is -4.69. The lowest BCUT2D eigenvalue weighted by atomic mass is 9.77. The van der Waals surface area contributed by atoms with Gasteiger partial charge in [-0.3, -0.25) is 0 Å². The molecular weight excluding hydrogens is 831 g/mol. The minimum Gasteiger partial charge on any atom is -0.0622 e. The normalized spacial score (nSPS) is 12.2. The molecule has 316 valence electrons. The molecule has 0 amide bonds. The van der Waals surface area contributed by atoms with E-state index in [4.69, 9.17) is 0 Å². The fraction of sp³-hybridized carbons (Fsp3) is 0.0625. The monoisotopic (exact) mass is 882 g/mol. The Morgan fingerprint density at radius 2 is 0.470 bits per heavy atom. The fourth-order valence-electron chi connectivity index (χ4n) is 10.8. The molecule has 10 aromatic carbocycles. The highest BCUT2D eigenvalue weighted by Gasteiger charge is 2.49. The third-order valence-corrected chi connectivity index (χ3v) is 22.5. The van der Waals surface area contributed by atoms with Crippen molar-refractivity contribution >= 4 is 46.4 Å². The van der Waals surface area contributed by atoms with Crippen LogP contribution in [0.3, 0.4) is 0 Å². The number of fused-ring (bicyclic) bond motifs is 3. The van der Waals surface area contributed by atoms with Gasteiger partial charge in [-0.1, -0.05) is 194 Å². The second-order valence-corrected chi connectivity index (χ2v) is 24.4. The standard InChI is InChI=1S/C64H52P2/c1-9-25-49(26-10-1)59-45-43-51-41-42-52-44-46-60(50-27-11-2-12-28-50)62(48-66(56-35-19-6-20-36-56,57-37-21-7-22-38-57)58-39-23-8-24-40-58)64(52)63(51)61(59)47-65(53-29-13-3-14-30-53,54-31-15-4-16-32-54)55-33-17-5-18-34-55/h1-40,43-46H,41-42,47-48H2/q+2. The Balaban J connectivity index is 1.27. The summed E-state index contributed by atoms with van der Waals surface area (Å²) >= 11 is 0. The Bertz CT molecular complexity index is 2780. The van der Waals surface area contributed by atoms with Crippen LogP contribution in [-0.2, 0) is 25.2 Å². The summed E-state index contributed by atoms with van der Waals surface area (Å²) < 4.78 is 0. The molecule has 1 aliphatic carbocycles. The zero-order valence-electron chi connectivity index (χ0n) is 37.1. The van der Waals surface area contributed by atoms with Crippen molar-refractivity contribution in [1.29, 1.82) is 0 Å². The first-order valence-corrected chi connectivity index (χ1v) is 27.2. The van der Waals surface area contributed by atoms with E-state index in [2.05, 4.69) is 267 Å². The van der Waals surface area contributed by atoms with Crippen molar-refractivity contribution in [1.82, 2.24) is 0 Å². The van der Waals surface area contributed by atoms with Crippen LogP contribution in [0.15, 0.2) is 267 Å². The van der Waals surface area contributed by atoms with Crippen LogP contribution in [0.2, 0.25) is 0 Å². The Hall–Kier alpha value is -6.94. The molecule has 10 aromatic rings. The van der Waals surface area contributed by atoms with Crippen LogP contribution in [0.4, 0.5) is 0 Å². The van der Waals surface area contributed by atoms with Crippen LogP contribution in [0.1, 0.15) is 22.3 Å². The number of rotatable bonds is 12. The molecule has 0 heterocycles. The van der Waals surface area contributed by atoms with E-state index in [1.807, 2.05) is 0 Å². The average Bonchev–Trinajstić information content (AvgIpc) is 3.41. The molecule has 0 spiro atoms. The molecule has 0 nitrogen and oxygen atoms in total. The highest BCUT2D eigenvalue weighted by molar-refractivity contribution is 7.95. The summed E-state index contributed by atoms with van der Waals surface area (Å²) in [6.45, 7) is 0. The van der Waals surface area contributed by atoms with Gasteiger partial charge in [-0.2, -0.15) is 0 Å². The van der Waals surface area contributed by atoms with Gasteiger partial charge in [0.1, 0.15) is 46.4 Å². The maximum atomic E-state index is 2.48. The summed E-state index contributed by atoms with van der Waals surface area (Å²) in [5.41, 5.74) is 13.8. The smallest absolute Gasteiger partial charge is 0.0622 e. The summed E-state index contributed by atoms with van der Waals surface area (Å²) in [5.74, 6) is 0. The molecule has 0 atom stereocenters. The van der Waals surface area contributed by atoms with Crippen LogP contribution in [0, 0.1) is 0 Å². The molecule has 0 bridgehead atoms. The van der Waals surface area contributed by atoms with Gasteiger partial charge < -0.3 is 0 Å². The molecule has 11 rings (SSSR count). The van der Waals surface area contributed by atoms with Crippen molar-refractivity contribution in [2.75, 3.05) is 0 Å². The molecule has 0 unspecified atom stereocenters. The zero-order chi connectivity index (χ0) is 44.2. The van der Waals surface area contributed by atoms with Gasteiger partial charge in [-0.25, -0.2) is 0 Å². The van der Waals surface area contributed by atoms with Gasteiger partial charge in [-0.05, 0) is 130 Å². The Labute approximate surface area is 392 Å². The zero-order valence-corrected chi connectivity index (χ0v) is 38.9. The van der Waals surface area contributed by atoms with Crippen molar-refractivity contribution in [3.63, 3.8) is 0 Å². The lowest BCUT2D eigenvalue weighted by Crippen LogP contribution is -2.33. The van der Waals surface area contributed by atoms with Crippen LogP contribution in [0.25, 0.3) is 33.4 Å². The summed E-state index contributed by atoms with van der Waals surface area (Å²) in [5, 5.41) is 8.39. The van der Waals surface area contributed by atoms with E-state index >= 15 is 0 Å². The number of hydrogen-bond donors (Lipinski definition) is 0. The first kappa shape index (κ1) is 41.7. The van der Waals surface area contributed by atoms with Crippen molar-refractivity contribution in [2.24, 2.45) is 0 Å². The lowest BCUT2D eigenvalue weighted by molar-refractivity contribution is 0.934. The third-order valence-electron chi connectivity index (χ3n) is 13.9. The SMILES string of the molecule is c1ccc(-c2ccc3c(c2C[P+](c2ccccc2)(c2ccccc2)c2ccccc2)-c2c(ccc(-c4ccccc4)c2C[P+](c2ccccc2)(c2ccccc2)c2ccccc2)CC3)cc1. The Morgan fingerprint density at radius 3 is 0.712 bits per heavy atom. The van der Waals surface area contributed by atoms with Crippen LogP contribution in [-0.4, -0.2) is 0 Å². The number of aryl methyl sites for hydroxylation is 2. The lowest BCUT2D eigenvalue weighted by Gasteiger charge is -2.34. The van der Waals surface area contributed by atoms with E-state index in [1.54, 1.807) is 0 Å². The first-order valence-electron chi connectivity index (χ1n) is 23.2. The average molecular weight is 883 g/mol. The van der Waals surface area contributed by atoms with E-state index in [0.717, 1.165) is 25.2 Å². The van der Waals surface area contributed by atoms with E-state index in [1.165, 1.54) is 87.5 Å². The quantitative estimate of drug-likeness (QED) is 0.107. The van der Waals surface area contributed by atoms with E-state index in [-0.39, 0.29) is 0 Å². The van der Waals surface area contributed by atoms with Crippen molar-refractivity contribution < 1.29 is 0 Å². The second-order valence-electron chi connectivity index (χ2n) is 17.4. The summed E-state index contributed by atoms with van der Waals surface area (Å²) in [6.07, 6.45) is 3.75. The summed E-state index contributed by atoms with van der Waals surface area (Å²) in [4.78, 5) is 0. The molecule has 0 radical (unpaired) electrons. The van der Waals surface area contributed by atoms with Gasteiger partial charge >= 0.3 is 0 Å². The van der Waals surface area contributed by atoms with Gasteiger partial charge in [-0.15, -0.1) is 0 Å². The first-order chi connectivity index (χ1) is 32.7. The van der Waals surface area contributed by atoms with Crippen LogP contribution < -0.4 is 31.8 Å². The van der Waals surface area contributed by atoms with E-state index < -0.39 is 14.5 Å².